The summed E-state index contributed by atoms with van der Waals surface area (Å²) in [6.45, 7) is 3.97. The predicted octanol–water partition coefficient (Wildman–Crippen LogP) is 0.938. The highest BCUT2D eigenvalue weighted by molar-refractivity contribution is 5.68. The van der Waals surface area contributed by atoms with E-state index in [0.29, 0.717) is 0 Å². The maximum Gasteiger partial charge on any atom is 0.154 e. The first kappa shape index (κ1) is 10.9. The van der Waals surface area contributed by atoms with Crippen molar-refractivity contribution in [2.45, 2.75) is 13.3 Å². The number of aromatic nitrogens is 3. The normalized spacial score (nSPS) is 10.9. The molecule has 2 aromatic rings. The lowest BCUT2D eigenvalue weighted by atomic mass is 10.3. The van der Waals surface area contributed by atoms with Crippen molar-refractivity contribution < 1.29 is 5.11 Å². The molecule has 0 aliphatic heterocycles. The Morgan fingerprint density at radius 1 is 1.44 bits per heavy atom. The molecule has 0 amide bonds. The highest BCUT2D eigenvalue weighted by Crippen LogP contribution is 2.17. The second kappa shape index (κ2) is 4.94. The molecule has 2 rings (SSSR count). The van der Waals surface area contributed by atoms with E-state index in [2.05, 4.69) is 21.9 Å². The lowest BCUT2D eigenvalue weighted by Crippen LogP contribution is -2.26. The molecule has 0 unspecified atom stereocenters. The average molecular weight is 220 g/mol. The van der Waals surface area contributed by atoms with Gasteiger partial charge in [0.25, 0.3) is 0 Å². The number of hydrogen-bond donors (Lipinski definition) is 1. The molecule has 0 aliphatic carbocycles. The van der Waals surface area contributed by atoms with Gasteiger partial charge in [-0.1, -0.05) is 0 Å². The molecular formula is C11H16N4O. The van der Waals surface area contributed by atoms with Crippen LogP contribution in [0.3, 0.4) is 0 Å². The van der Waals surface area contributed by atoms with Crippen molar-refractivity contribution in [1.82, 2.24) is 14.6 Å². The number of fused-ring (bicyclic) bond motifs is 1. The van der Waals surface area contributed by atoms with Gasteiger partial charge in [0.05, 0.1) is 6.20 Å². The van der Waals surface area contributed by atoms with E-state index in [1.54, 1.807) is 12.4 Å². The third-order valence-corrected chi connectivity index (χ3v) is 2.57. The molecule has 0 radical (unpaired) electrons. The standard InChI is InChI=1S/C11H16N4O/c1-2-14(7-3-9-16)11-10-4-5-13-15(10)8-6-12-11/h4-6,8,16H,2-3,7,9H2,1H3. The monoisotopic (exact) mass is 220 g/mol. The van der Waals surface area contributed by atoms with Crippen LogP contribution in [0.1, 0.15) is 13.3 Å². The molecule has 2 aromatic heterocycles. The SMILES string of the molecule is CCN(CCCO)c1nccn2nccc12. The van der Waals surface area contributed by atoms with E-state index in [-0.39, 0.29) is 6.61 Å². The lowest BCUT2D eigenvalue weighted by Gasteiger charge is -2.21. The summed E-state index contributed by atoms with van der Waals surface area (Å²) in [5.41, 5.74) is 1.00. The van der Waals surface area contributed by atoms with Gasteiger partial charge >= 0.3 is 0 Å². The van der Waals surface area contributed by atoms with Gasteiger partial charge in [-0.3, -0.25) is 0 Å². The van der Waals surface area contributed by atoms with Crippen LogP contribution in [0.15, 0.2) is 24.7 Å². The highest BCUT2D eigenvalue weighted by Gasteiger charge is 2.09. The van der Waals surface area contributed by atoms with E-state index >= 15 is 0 Å². The molecule has 0 saturated heterocycles. The Hall–Kier alpha value is -1.62. The lowest BCUT2D eigenvalue weighted by molar-refractivity contribution is 0.289. The first-order valence-electron chi connectivity index (χ1n) is 5.51. The van der Waals surface area contributed by atoms with Gasteiger partial charge in [0.15, 0.2) is 5.82 Å². The van der Waals surface area contributed by atoms with Crippen LogP contribution >= 0.6 is 0 Å². The van der Waals surface area contributed by atoms with Gasteiger partial charge < -0.3 is 10.0 Å². The number of hydrogen-bond acceptors (Lipinski definition) is 4. The summed E-state index contributed by atoms with van der Waals surface area (Å²) < 4.78 is 1.81. The summed E-state index contributed by atoms with van der Waals surface area (Å²) in [4.78, 5) is 6.53. The van der Waals surface area contributed by atoms with Crippen molar-refractivity contribution in [2.24, 2.45) is 0 Å². The fourth-order valence-corrected chi connectivity index (χ4v) is 1.76. The molecule has 0 saturated carbocycles. The van der Waals surface area contributed by atoms with Crippen LogP contribution in [0, 0.1) is 0 Å². The molecule has 0 spiro atoms. The Labute approximate surface area is 94.3 Å². The minimum Gasteiger partial charge on any atom is -0.396 e. The zero-order chi connectivity index (χ0) is 11.4. The minimum absolute atomic E-state index is 0.207. The molecule has 2 heterocycles. The average Bonchev–Trinajstić information content (AvgIpc) is 2.78. The maximum absolute atomic E-state index is 8.87. The van der Waals surface area contributed by atoms with Crippen LogP contribution < -0.4 is 4.90 Å². The third-order valence-electron chi connectivity index (χ3n) is 2.57. The molecule has 16 heavy (non-hydrogen) atoms. The Morgan fingerprint density at radius 3 is 3.06 bits per heavy atom. The van der Waals surface area contributed by atoms with E-state index in [1.165, 1.54) is 0 Å². The number of nitrogens with zero attached hydrogens (tertiary/aromatic N) is 4. The van der Waals surface area contributed by atoms with E-state index in [1.807, 2.05) is 16.8 Å². The molecule has 5 nitrogen and oxygen atoms in total. The molecule has 1 N–H and O–H groups in total. The molecule has 0 bridgehead atoms. The second-order valence-corrected chi connectivity index (χ2v) is 3.57. The quantitative estimate of drug-likeness (QED) is 0.814. The third kappa shape index (κ3) is 1.99. The number of anilines is 1. The van der Waals surface area contributed by atoms with Crippen LogP contribution in [0.4, 0.5) is 5.82 Å². The molecule has 86 valence electrons. The van der Waals surface area contributed by atoms with Crippen LogP contribution in [-0.4, -0.2) is 39.4 Å². The fraction of sp³-hybridized carbons (Fsp3) is 0.455. The van der Waals surface area contributed by atoms with Crippen molar-refractivity contribution in [2.75, 3.05) is 24.6 Å². The summed E-state index contributed by atoms with van der Waals surface area (Å²) in [6, 6.07) is 1.95. The van der Waals surface area contributed by atoms with Crippen molar-refractivity contribution in [3.63, 3.8) is 0 Å². The Morgan fingerprint density at radius 2 is 2.31 bits per heavy atom. The Kier molecular flexibility index (Phi) is 3.36. The number of rotatable bonds is 5. The predicted molar refractivity (Wildman–Crippen MR) is 62.6 cm³/mol. The van der Waals surface area contributed by atoms with Gasteiger partial charge in [-0.05, 0) is 19.4 Å². The van der Waals surface area contributed by atoms with Crippen molar-refractivity contribution in [3.8, 4) is 0 Å². The van der Waals surface area contributed by atoms with Gasteiger partial charge in [0, 0.05) is 32.1 Å². The zero-order valence-corrected chi connectivity index (χ0v) is 9.37. The topological polar surface area (TPSA) is 53.7 Å². The van der Waals surface area contributed by atoms with Gasteiger partial charge in [-0.25, -0.2) is 9.50 Å². The molecule has 0 atom stereocenters. The Balaban J connectivity index is 2.32. The smallest absolute Gasteiger partial charge is 0.154 e. The van der Waals surface area contributed by atoms with Crippen molar-refractivity contribution >= 4 is 11.3 Å². The number of aliphatic hydroxyl groups excluding tert-OH is 1. The second-order valence-electron chi connectivity index (χ2n) is 3.57. The molecule has 0 aromatic carbocycles. The van der Waals surface area contributed by atoms with E-state index in [0.717, 1.165) is 30.8 Å². The van der Waals surface area contributed by atoms with Gasteiger partial charge in [0.2, 0.25) is 0 Å². The fourth-order valence-electron chi connectivity index (χ4n) is 1.76. The summed E-state index contributed by atoms with van der Waals surface area (Å²) in [5, 5.41) is 13.0. The molecule has 0 fully saturated rings. The minimum atomic E-state index is 0.207. The molecular weight excluding hydrogens is 204 g/mol. The van der Waals surface area contributed by atoms with Gasteiger partial charge in [0.1, 0.15) is 5.52 Å². The van der Waals surface area contributed by atoms with Gasteiger partial charge in [-0.2, -0.15) is 5.10 Å². The van der Waals surface area contributed by atoms with E-state index in [9.17, 15) is 0 Å². The first-order chi connectivity index (χ1) is 7.86. The van der Waals surface area contributed by atoms with E-state index in [4.69, 9.17) is 5.11 Å². The van der Waals surface area contributed by atoms with Crippen molar-refractivity contribution in [1.29, 1.82) is 0 Å². The van der Waals surface area contributed by atoms with Crippen LogP contribution in [-0.2, 0) is 0 Å². The molecule has 5 heteroatoms. The highest BCUT2D eigenvalue weighted by atomic mass is 16.3. The van der Waals surface area contributed by atoms with Gasteiger partial charge in [-0.15, -0.1) is 0 Å². The summed E-state index contributed by atoms with van der Waals surface area (Å²) in [5.74, 6) is 0.927. The summed E-state index contributed by atoms with van der Waals surface area (Å²) in [7, 11) is 0. The summed E-state index contributed by atoms with van der Waals surface area (Å²) >= 11 is 0. The van der Waals surface area contributed by atoms with E-state index < -0.39 is 0 Å². The maximum atomic E-state index is 8.87. The largest absolute Gasteiger partial charge is 0.396 e. The number of aliphatic hydroxyl groups is 1. The molecule has 0 aliphatic rings. The first-order valence-corrected chi connectivity index (χ1v) is 5.51. The van der Waals surface area contributed by atoms with Crippen molar-refractivity contribution in [3.05, 3.63) is 24.7 Å². The van der Waals surface area contributed by atoms with Crippen LogP contribution in [0.2, 0.25) is 0 Å². The zero-order valence-electron chi connectivity index (χ0n) is 9.37. The Bertz CT molecular complexity index is 454. The van der Waals surface area contributed by atoms with Crippen LogP contribution in [0.25, 0.3) is 5.52 Å². The summed E-state index contributed by atoms with van der Waals surface area (Å²) in [6.07, 6.45) is 6.10. The van der Waals surface area contributed by atoms with Crippen LogP contribution in [0.5, 0.6) is 0 Å².